The van der Waals surface area contributed by atoms with E-state index in [1.807, 2.05) is 0 Å². The molecule has 0 spiro atoms. The fraction of sp³-hybridized carbons (Fsp3) is 1.00. The van der Waals surface area contributed by atoms with Crippen molar-refractivity contribution in [1.82, 2.24) is 0 Å². The fourth-order valence-electron chi connectivity index (χ4n) is 4.18. The first-order chi connectivity index (χ1) is 11.5. The first-order valence-corrected chi connectivity index (χ1v) is 13.5. The monoisotopic (exact) mass is 386 g/mol. The van der Waals surface area contributed by atoms with E-state index in [1.54, 1.807) is 0 Å². The van der Waals surface area contributed by atoms with Crippen molar-refractivity contribution in [3.8, 4) is 0 Å². The third kappa shape index (κ3) is 3.68. The number of aliphatic hydroxyl groups is 1. The third-order valence-electron chi connectivity index (χ3n) is 5.70. The number of rotatable bonds is 4. The molecule has 0 amide bonds. The van der Waals surface area contributed by atoms with Gasteiger partial charge in [-0.1, -0.05) is 55.4 Å². The molecule has 2 aliphatic heterocycles. The largest absolute Gasteiger partial charge is 0.414 e. The lowest BCUT2D eigenvalue weighted by Gasteiger charge is -2.51. The van der Waals surface area contributed by atoms with Gasteiger partial charge in [-0.15, -0.1) is 0 Å². The van der Waals surface area contributed by atoms with E-state index >= 15 is 0 Å². The summed E-state index contributed by atoms with van der Waals surface area (Å²) in [4.78, 5) is 0. The fourth-order valence-corrected chi connectivity index (χ4v) is 15.4. The van der Waals surface area contributed by atoms with Gasteiger partial charge in [-0.25, -0.2) is 0 Å². The van der Waals surface area contributed by atoms with Crippen molar-refractivity contribution >= 4 is 25.0 Å². The van der Waals surface area contributed by atoms with E-state index in [9.17, 15) is 5.11 Å². The molecular weight excluding hydrogens is 351 g/mol. The highest BCUT2D eigenvalue weighted by molar-refractivity contribution is 6.83. The molecule has 2 radical (unpaired) electrons. The molecule has 2 heterocycles. The van der Waals surface area contributed by atoms with Crippen molar-refractivity contribution in [3.63, 3.8) is 0 Å². The van der Waals surface area contributed by atoms with Crippen molar-refractivity contribution in [1.29, 1.82) is 0 Å². The summed E-state index contributed by atoms with van der Waals surface area (Å²) in [7, 11) is 0.699. The van der Waals surface area contributed by atoms with Crippen LogP contribution in [0.1, 0.15) is 55.4 Å². The SMILES string of the molecule is [B][C@@H]1O[C@@H]2CO[Si](C(C)C)(C(C)C)O[Si](C(C)C)(C(C)C)O[C@H]2[C@@H]1O. The van der Waals surface area contributed by atoms with Gasteiger partial charge in [0.05, 0.1) is 12.7 Å². The van der Waals surface area contributed by atoms with E-state index in [0.717, 1.165) is 0 Å². The van der Waals surface area contributed by atoms with Gasteiger partial charge < -0.3 is 22.8 Å². The van der Waals surface area contributed by atoms with Crippen LogP contribution >= 0.6 is 0 Å². The molecule has 2 saturated heterocycles. The zero-order valence-corrected chi connectivity index (χ0v) is 19.0. The predicted molar refractivity (Wildman–Crippen MR) is 104 cm³/mol. The van der Waals surface area contributed by atoms with Crippen LogP contribution in [-0.2, 0) is 17.7 Å². The van der Waals surface area contributed by atoms with Crippen LogP contribution in [0.2, 0.25) is 22.2 Å². The Labute approximate surface area is 156 Å². The first-order valence-electron chi connectivity index (χ1n) is 9.59. The topological polar surface area (TPSA) is 57.2 Å². The molecule has 8 heteroatoms. The second kappa shape index (κ2) is 7.73. The molecule has 4 atom stereocenters. The van der Waals surface area contributed by atoms with Gasteiger partial charge >= 0.3 is 17.1 Å². The molecule has 2 rings (SSSR count). The van der Waals surface area contributed by atoms with Gasteiger partial charge in [0, 0.05) is 6.00 Å². The Kier molecular flexibility index (Phi) is 6.68. The van der Waals surface area contributed by atoms with E-state index < -0.39 is 35.3 Å². The smallest absolute Gasteiger partial charge is 0.335 e. The minimum absolute atomic E-state index is 0.225. The zero-order chi connectivity index (χ0) is 19.2. The molecule has 2 fully saturated rings. The summed E-state index contributed by atoms with van der Waals surface area (Å²) in [5.74, 6) is 0. The lowest BCUT2D eigenvalue weighted by atomic mass is 9.93. The molecule has 144 valence electrons. The maximum absolute atomic E-state index is 10.5. The van der Waals surface area contributed by atoms with Gasteiger partial charge in [-0.3, -0.25) is 0 Å². The summed E-state index contributed by atoms with van der Waals surface area (Å²) < 4.78 is 26.0. The van der Waals surface area contributed by atoms with Gasteiger partial charge in [0.1, 0.15) is 20.1 Å². The highest BCUT2D eigenvalue weighted by Crippen LogP contribution is 2.47. The van der Waals surface area contributed by atoms with E-state index in [2.05, 4.69) is 55.4 Å². The van der Waals surface area contributed by atoms with Crippen molar-refractivity contribution in [2.75, 3.05) is 6.61 Å². The molecule has 1 N–H and O–H groups in total. The van der Waals surface area contributed by atoms with Crippen molar-refractivity contribution in [3.05, 3.63) is 0 Å². The maximum atomic E-state index is 10.5. The van der Waals surface area contributed by atoms with Crippen LogP contribution in [0.25, 0.3) is 0 Å². The second-order valence-electron chi connectivity index (χ2n) is 8.69. The lowest BCUT2D eigenvalue weighted by Crippen LogP contribution is -2.65. The number of aliphatic hydroxyl groups excluding tert-OH is 1. The highest BCUT2D eigenvalue weighted by Gasteiger charge is 2.61. The molecule has 0 unspecified atom stereocenters. The van der Waals surface area contributed by atoms with Crippen LogP contribution < -0.4 is 0 Å². The minimum atomic E-state index is -2.70. The number of fused-ring (bicyclic) bond motifs is 1. The summed E-state index contributed by atoms with van der Waals surface area (Å²) in [5, 5.41) is 10.5. The second-order valence-corrected chi connectivity index (χ2v) is 17.5. The molecular formula is C17H35BO5Si2. The van der Waals surface area contributed by atoms with Crippen LogP contribution in [0.4, 0.5) is 0 Å². The van der Waals surface area contributed by atoms with E-state index in [4.69, 9.17) is 25.6 Å². The minimum Gasteiger partial charge on any atom is -0.414 e. The Balaban J connectivity index is 2.53. The molecule has 0 aromatic carbocycles. The van der Waals surface area contributed by atoms with Gasteiger partial charge in [0.2, 0.25) is 0 Å². The zero-order valence-electron chi connectivity index (χ0n) is 17.0. The molecule has 0 aromatic heterocycles. The molecule has 0 aliphatic carbocycles. The van der Waals surface area contributed by atoms with Crippen molar-refractivity contribution < 1.29 is 22.8 Å². The number of hydrogen-bond donors (Lipinski definition) is 1. The predicted octanol–water partition coefficient (Wildman–Crippen LogP) is 3.20. The molecule has 25 heavy (non-hydrogen) atoms. The third-order valence-corrected chi connectivity index (χ3v) is 16.0. The van der Waals surface area contributed by atoms with Gasteiger partial charge in [-0.2, -0.15) is 0 Å². The summed E-state index contributed by atoms with van der Waals surface area (Å²) in [6.07, 6.45) is -1.69. The number of ether oxygens (including phenoxy) is 1. The van der Waals surface area contributed by atoms with Crippen molar-refractivity contribution in [2.45, 2.75) is 102 Å². The van der Waals surface area contributed by atoms with E-state index in [1.165, 1.54) is 0 Å². The molecule has 2 aliphatic rings. The Bertz CT molecular complexity index is 444. The molecule has 0 aromatic rings. The summed E-state index contributed by atoms with van der Waals surface area (Å²) in [6, 6.07) is -0.739. The standard InChI is InChI=1S/C17H35BO5Si2/c1-10(2)24(11(3)4)20-9-14-16(15(19)17(18)21-14)22-25(23-24,12(5)6)13(7)8/h10-17,19H,9H2,1-8H3/t14-,15+,16-,17-/m1/s1. The Morgan fingerprint density at radius 1 is 0.880 bits per heavy atom. The van der Waals surface area contributed by atoms with Gasteiger partial charge in [0.15, 0.2) is 0 Å². The van der Waals surface area contributed by atoms with Crippen LogP contribution in [0.5, 0.6) is 0 Å². The molecule has 0 bridgehead atoms. The number of hydrogen-bond acceptors (Lipinski definition) is 5. The highest BCUT2D eigenvalue weighted by atomic mass is 28.5. The first kappa shape index (κ1) is 21.6. The van der Waals surface area contributed by atoms with Crippen LogP contribution in [0.15, 0.2) is 0 Å². The normalized spacial score (nSPS) is 35.2. The lowest BCUT2D eigenvalue weighted by molar-refractivity contribution is -0.0318. The van der Waals surface area contributed by atoms with Gasteiger partial charge in [0.25, 0.3) is 0 Å². The maximum Gasteiger partial charge on any atom is 0.335 e. The van der Waals surface area contributed by atoms with Gasteiger partial charge in [-0.05, 0) is 22.2 Å². The van der Waals surface area contributed by atoms with Crippen LogP contribution in [-0.4, -0.2) is 61.0 Å². The van der Waals surface area contributed by atoms with Crippen LogP contribution in [0.3, 0.4) is 0 Å². The van der Waals surface area contributed by atoms with E-state index in [-0.39, 0.29) is 28.3 Å². The quantitative estimate of drug-likeness (QED) is 0.752. The summed E-state index contributed by atoms with van der Waals surface area (Å²) in [6.45, 7) is 17.7. The summed E-state index contributed by atoms with van der Waals surface area (Å²) in [5.41, 5.74) is 1.03. The van der Waals surface area contributed by atoms with E-state index in [0.29, 0.717) is 6.61 Å². The molecule has 5 nitrogen and oxygen atoms in total. The Morgan fingerprint density at radius 3 is 1.80 bits per heavy atom. The average molecular weight is 386 g/mol. The Morgan fingerprint density at radius 2 is 1.36 bits per heavy atom. The van der Waals surface area contributed by atoms with Crippen molar-refractivity contribution in [2.24, 2.45) is 0 Å². The molecule has 0 saturated carbocycles. The summed E-state index contributed by atoms with van der Waals surface area (Å²) >= 11 is 0. The average Bonchev–Trinajstić information content (AvgIpc) is 2.73. The Hall–Kier alpha value is 0.299. The van der Waals surface area contributed by atoms with Crippen LogP contribution in [0, 0.1) is 0 Å².